The van der Waals surface area contributed by atoms with Crippen molar-refractivity contribution in [2.45, 2.75) is 57.6 Å². The summed E-state index contributed by atoms with van der Waals surface area (Å²) in [6.07, 6.45) is 3.02. The van der Waals surface area contributed by atoms with Gasteiger partial charge in [-0.2, -0.15) is 5.26 Å². The number of hydrogen-bond acceptors (Lipinski definition) is 6. The van der Waals surface area contributed by atoms with Gasteiger partial charge in [0.1, 0.15) is 11.3 Å². The maximum absolute atomic E-state index is 12.3. The second kappa shape index (κ2) is 9.17. The Bertz CT molecular complexity index is 730. The van der Waals surface area contributed by atoms with Crippen LogP contribution in [0, 0.1) is 11.3 Å². The van der Waals surface area contributed by atoms with Crippen molar-refractivity contribution in [3.63, 3.8) is 0 Å². The summed E-state index contributed by atoms with van der Waals surface area (Å²) in [6, 6.07) is 8.56. The number of benzene rings is 1. The Morgan fingerprint density at radius 3 is 2.37 bits per heavy atom. The van der Waals surface area contributed by atoms with Crippen LogP contribution in [0.1, 0.15) is 56.3 Å². The molecule has 1 aromatic carbocycles. The predicted molar refractivity (Wildman–Crippen MR) is 97.1 cm³/mol. The molecule has 1 saturated carbocycles. The quantitative estimate of drug-likeness (QED) is 0.582. The topological polar surface area (TPSA) is 105 Å². The summed E-state index contributed by atoms with van der Waals surface area (Å²) < 4.78 is 10.4. The number of nitrogens with zero attached hydrogens (tertiary/aromatic N) is 1. The molecule has 1 aromatic rings. The van der Waals surface area contributed by atoms with Crippen molar-refractivity contribution in [1.82, 2.24) is 5.32 Å². The Hall–Kier alpha value is -2.88. The average Bonchev–Trinajstić information content (AvgIpc) is 2.67. The van der Waals surface area contributed by atoms with E-state index >= 15 is 0 Å². The summed E-state index contributed by atoms with van der Waals surface area (Å²) in [6.45, 7) is 2.56. The van der Waals surface area contributed by atoms with Gasteiger partial charge >= 0.3 is 5.97 Å². The molecule has 0 heterocycles. The van der Waals surface area contributed by atoms with Crippen molar-refractivity contribution >= 4 is 17.7 Å². The van der Waals surface area contributed by atoms with Gasteiger partial charge in [0.15, 0.2) is 18.5 Å². The molecule has 1 aliphatic carbocycles. The SMILES string of the molecule is CC(=O)c1ccc(OCC(=O)O[C@@H](C)C(=O)NC2(C#N)CCCCC2)cc1. The van der Waals surface area contributed by atoms with Crippen LogP contribution in [0.5, 0.6) is 5.75 Å². The van der Waals surface area contributed by atoms with Crippen LogP contribution in [-0.4, -0.2) is 35.9 Å². The van der Waals surface area contributed by atoms with Gasteiger partial charge in [0.2, 0.25) is 0 Å². The van der Waals surface area contributed by atoms with E-state index in [0.717, 1.165) is 19.3 Å². The Morgan fingerprint density at radius 1 is 1.19 bits per heavy atom. The molecule has 0 radical (unpaired) electrons. The Morgan fingerprint density at radius 2 is 1.81 bits per heavy atom. The van der Waals surface area contributed by atoms with E-state index < -0.39 is 23.5 Å². The smallest absolute Gasteiger partial charge is 0.344 e. The van der Waals surface area contributed by atoms with Crippen LogP contribution in [0.15, 0.2) is 24.3 Å². The van der Waals surface area contributed by atoms with Gasteiger partial charge in [0.05, 0.1) is 6.07 Å². The molecule has 0 aromatic heterocycles. The second-order valence-corrected chi connectivity index (χ2v) is 6.75. The highest BCUT2D eigenvalue weighted by atomic mass is 16.6. The number of esters is 1. The van der Waals surface area contributed by atoms with E-state index in [4.69, 9.17) is 9.47 Å². The zero-order valence-corrected chi connectivity index (χ0v) is 15.6. The lowest BCUT2D eigenvalue weighted by Gasteiger charge is -2.32. The average molecular weight is 372 g/mol. The molecule has 1 amide bonds. The molecule has 0 spiro atoms. The first-order valence-electron chi connectivity index (χ1n) is 9.02. The zero-order chi connectivity index (χ0) is 19.9. The minimum atomic E-state index is -1.02. The molecule has 1 aliphatic rings. The summed E-state index contributed by atoms with van der Waals surface area (Å²) in [5.74, 6) is -0.825. The predicted octanol–water partition coefficient (Wildman–Crippen LogP) is 2.54. The third-order valence-corrected chi connectivity index (χ3v) is 4.58. The number of amides is 1. The monoisotopic (exact) mass is 372 g/mol. The van der Waals surface area contributed by atoms with E-state index in [1.165, 1.54) is 13.8 Å². The highest BCUT2D eigenvalue weighted by Crippen LogP contribution is 2.27. The van der Waals surface area contributed by atoms with Gasteiger partial charge in [-0.3, -0.25) is 9.59 Å². The van der Waals surface area contributed by atoms with E-state index in [1.807, 2.05) is 0 Å². The summed E-state index contributed by atoms with van der Waals surface area (Å²) in [5.41, 5.74) is -0.324. The molecule has 0 aliphatic heterocycles. The minimum absolute atomic E-state index is 0.0612. The molecule has 0 saturated heterocycles. The zero-order valence-electron chi connectivity index (χ0n) is 15.6. The van der Waals surface area contributed by atoms with Crippen molar-refractivity contribution in [2.75, 3.05) is 6.61 Å². The summed E-state index contributed by atoms with van der Waals surface area (Å²) in [7, 11) is 0. The number of rotatable bonds is 7. The molecule has 144 valence electrons. The number of carbonyl (C=O) groups excluding carboxylic acids is 3. The summed E-state index contributed by atoms with van der Waals surface area (Å²) in [4.78, 5) is 35.4. The fourth-order valence-corrected chi connectivity index (χ4v) is 2.97. The van der Waals surface area contributed by atoms with Crippen LogP contribution in [0.25, 0.3) is 0 Å². The van der Waals surface area contributed by atoms with E-state index in [9.17, 15) is 19.6 Å². The molecule has 1 fully saturated rings. The fourth-order valence-electron chi connectivity index (χ4n) is 2.97. The van der Waals surface area contributed by atoms with Crippen molar-refractivity contribution in [3.05, 3.63) is 29.8 Å². The van der Waals surface area contributed by atoms with E-state index in [-0.39, 0.29) is 12.4 Å². The Labute approximate surface area is 158 Å². The molecule has 0 bridgehead atoms. The van der Waals surface area contributed by atoms with Crippen LogP contribution < -0.4 is 10.1 Å². The minimum Gasteiger partial charge on any atom is -0.482 e. The molecule has 1 atom stereocenters. The van der Waals surface area contributed by atoms with Gasteiger partial charge < -0.3 is 14.8 Å². The lowest BCUT2D eigenvalue weighted by atomic mass is 9.83. The molecule has 27 heavy (non-hydrogen) atoms. The normalized spacial score (nSPS) is 16.5. The number of nitriles is 1. The number of carbonyl (C=O) groups is 3. The number of ether oxygens (including phenoxy) is 2. The highest BCUT2D eigenvalue weighted by Gasteiger charge is 2.35. The number of Topliss-reactive ketones (excluding diaryl/α,β-unsaturated/α-hetero) is 1. The number of nitrogens with one attached hydrogen (secondary N) is 1. The van der Waals surface area contributed by atoms with Crippen molar-refractivity contribution in [3.8, 4) is 11.8 Å². The van der Waals surface area contributed by atoms with Crippen molar-refractivity contribution in [2.24, 2.45) is 0 Å². The standard InChI is InChI=1S/C20H24N2O5/c1-14(23)16-6-8-17(9-7-16)26-12-18(24)27-15(2)19(25)22-20(13-21)10-4-3-5-11-20/h6-9,15H,3-5,10-12H2,1-2H3,(H,22,25)/t15-/m0/s1. The molecule has 7 nitrogen and oxygen atoms in total. The molecule has 7 heteroatoms. The van der Waals surface area contributed by atoms with E-state index in [0.29, 0.717) is 24.2 Å². The van der Waals surface area contributed by atoms with E-state index in [1.54, 1.807) is 24.3 Å². The van der Waals surface area contributed by atoms with Crippen LogP contribution in [0.2, 0.25) is 0 Å². The van der Waals surface area contributed by atoms with E-state index in [2.05, 4.69) is 11.4 Å². The van der Waals surface area contributed by atoms with Crippen molar-refractivity contribution < 1.29 is 23.9 Å². The van der Waals surface area contributed by atoms with Crippen LogP contribution in [-0.2, 0) is 14.3 Å². The van der Waals surface area contributed by atoms with Crippen molar-refractivity contribution in [1.29, 1.82) is 5.26 Å². The third kappa shape index (κ3) is 5.81. The van der Waals surface area contributed by atoms with Gasteiger partial charge in [0.25, 0.3) is 5.91 Å². The van der Waals surface area contributed by atoms with Gasteiger partial charge in [0, 0.05) is 5.56 Å². The lowest BCUT2D eigenvalue weighted by Crippen LogP contribution is -2.52. The molecular formula is C20H24N2O5. The van der Waals surface area contributed by atoms with Crippen LogP contribution >= 0.6 is 0 Å². The van der Waals surface area contributed by atoms with Crippen LogP contribution in [0.4, 0.5) is 0 Å². The van der Waals surface area contributed by atoms with Gasteiger partial charge in [-0.05, 0) is 51.0 Å². The Balaban J connectivity index is 1.81. The molecule has 2 rings (SSSR count). The van der Waals surface area contributed by atoms with Gasteiger partial charge in [-0.1, -0.05) is 19.3 Å². The maximum Gasteiger partial charge on any atom is 0.344 e. The fraction of sp³-hybridized carbons (Fsp3) is 0.500. The highest BCUT2D eigenvalue weighted by molar-refractivity contribution is 5.94. The Kier molecular flexibility index (Phi) is 6.94. The first-order valence-corrected chi connectivity index (χ1v) is 9.02. The van der Waals surface area contributed by atoms with Crippen LogP contribution in [0.3, 0.4) is 0 Å². The second-order valence-electron chi connectivity index (χ2n) is 6.75. The third-order valence-electron chi connectivity index (χ3n) is 4.58. The van der Waals surface area contributed by atoms with Gasteiger partial charge in [-0.25, -0.2) is 4.79 Å². The number of hydrogen-bond donors (Lipinski definition) is 1. The lowest BCUT2D eigenvalue weighted by molar-refractivity contribution is -0.157. The first-order chi connectivity index (χ1) is 12.8. The molecular weight excluding hydrogens is 348 g/mol. The molecule has 0 unspecified atom stereocenters. The largest absolute Gasteiger partial charge is 0.482 e. The maximum atomic E-state index is 12.3. The summed E-state index contributed by atoms with van der Waals surface area (Å²) in [5, 5.41) is 12.1. The summed E-state index contributed by atoms with van der Waals surface area (Å²) >= 11 is 0. The molecule has 1 N–H and O–H groups in total. The first kappa shape index (κ1) is 20.4. The van der Waals surface area contributed by atoms with Gasteiger partial charge in [-0.15, -0.1) is 0 Å². The number of ketones is 1.